The third-order valence-electron chi connectivity index (χ3n) is 3.89. The van der Waals surface area contributed by atoms with E-state index in [1.165, 1.54) is 23.9 Å². The Kier molecular flexibility index (Phi) is 5.45. The summed E-state index contributed by atoms with van der Waals surface area (Å²) in [5, 5.41) is 5.89. The molecule has 0 unspecified atom stereocenters. The molecule has 0 saturated heterocycles. The van der Waals surface area contributed by atoms with Gasteiger partial charge in [0.1, 0.15) is 0 Å². The van der Waals surface area contributed by atoms with Crippen LogP contribution in [-0.4, -0.2) is 29.5 Å². The van der Waals surface area contributed by atoms with Crippen LogP contribution in [0.5, 0.6) is 0 Å². The van der Waals surface area contributed by atoms with Crippen LogP contribution < -0.4 is 5.14 Å². The number of aromatic nitrogens is 2. The van der Waals surface area contributed by atoms with E-state index in [1.807, 2.05) is 29.7 Å². The first-order chi connectivity index (χ1) is 12.4. The van der Waals surface area contributed by atoms with Crippen LogP contribution in [0.25, 0.3) is 11.0 Å². The molecule has 3 aromatic rings. The second kappa shape index (κ2) is 7.61. The Morgan fingerprint density at radius 3 is 2.58 bits per heavy atom. The van der Waals surface area contributed by atoms with E-state index in [1.54, 1.807) is 18.2 Å². The minimum atomic E-state index is -3.78. The molecule has 3 rings (SSSR count). The molecule has 26 heavy (non-hydrogen) atoms. The Hall–Kier alpha value is -2.16. The van der Waals surface area contributed by atoms with Gasteiger partial charge in [-0.15, -0.1) is 0 Å². The molecule has 0 aliphatic heterocycles. The molecule has 0 radical (unpaired) electrons. The molecule has 0 fully saturated rings. The van der Waals surface area contributed by atoms with E-state index in [-0.39, 0.29) is 16.4 Å². The fourth-order valence-electron chi connectivity index (χ4n) is 2.65. The van der Waals surface area contributed by atoms with Crippen molar-refractivity contribution in [2.75, 3.05) is 5.75 Å². The summed E-state index contributed by atoms with van der Waals surface area (Å²) in [4.78, 5) is 16.9. The minimum absolute atomic E-state index is 0.0240. The normalized spacial score (nSPS) is 11.8. The van der Waals surface area contributed by atoms with Crippen LogP contribution >= 0.6 is 11.8 Å². The number of Topliss-reactive ketones (excluding diaryl/α,β-unsaturated/α-hetero) is 1. The Labute approximate surface area is 156 Å². The molecule has 0 saturated carbocycles. The topological polar surface area (TPSA) is 95.0 Å². The molecular weight excluding hydrogens is 370 g/mol. The Balaban J connectivity index is 1.91. The molecule has 0 amide bonds. The second-order valence-corrected chi connectivity index (χ2v) is 8.32. The lowest BCUT2D eigenvalue weighted by molar-refractivity contribution is 0.102. The molecule has 1 aromatic heterocycles. The number of nitrogens with two attached hydrogens (primary N) is 1. The highest BCUT2D eigenvalue weighted by Gasteiger charge is 2.16. The Bertz CT molecular complexity index is 1040. The lowest BCUT2D eigenvalue weighted by Gasteiger charge is -2.07. The molecule has 8 heteroatoms. The Morgan fingerprint density at radius 2 is 1.92 bits per heavy atom. The fraction of sp³-hybridized carbons (Fsp3) is 0.222. The van der Waals surface area contributed by atoms with Gasteiger partial charge in [-0.3, -0.25) is 4.79 Å². The second-order valence-electron chi connectivity index (χ2n) is 5.82. The first-order valence-electron chi connectivity index (χ1n) is 8.14. The van der Waals surface area contributed by atoms with E-state index in [4.69, 9.17) is 5.14 Å². The first-order valence-corrected chi connectivity index (χ1v) is 10.7. The summed E-state index contributed by atoms with van der Waals surface area (Å²) >= 11 is 1.35. The minimum Gasteiger partial charge on any atom is -0.319 e. The highest BCUT2D eigenvalue weighted by Crippen LogP contribution is 2.27. The van der Waals surface area contributed by atoms with Gasteiger partial charge in [-0.25, -0.2) is 18.5 Å². The van der Waals surface area contributed by atoms with Gasteiger partial charge in [0.25, 0.3) is 0 Å². The summed E-state index contributed by atoms with van der Waals surface area (Å²) in [6.07, 6.45) is 0.891. The Morgan fingerprint density at radius 1 is 1.19 bits per heavy atom. The number of imidazole rings is 1. The van der Waals surface area contributed by atoms with Gasteiger partial charge in [-0.05, 0) is 24.6 Å². The smallest absolute Gasteiger partial charge is 0.238 e. The standard InChI is InChI=1S/C18H19N3O3S2/c1-2-10-21-16-9-8-14(26(19,23)24)11-15(16)20-18(21)25-12-17(22)13-6-4-3-5-7-13/h3-9,11H,2,10,12H2,1H3,(H2,19,23,24). The van der Waals surface area contributed by atoms with Crippen molar-refractivity contribution in [3.63, 3.8) is 0 Å². The number of sulfonamides is 1. The average molecular weight is 390 g/mol. The maximum atomic E-state index is 12.3. The van der Waals surface area contributed by atoms with Crippen LogP contribution in [0.1, 0.15) is 23.7 Å². The molecule has 6 nitrogen and oxygen atoms in total. The molecule has 0 spiro atoms. The number of fused-ring (bicyclic) bond motifs is 1. The number of hydrogen-bond acceptors (Lipinski definition) is 5. The number of hydrogen-bond donors (Lipinski definition) is 1. The maximum absolute atomic E-state index is 12.3. The predicted molar refractivity (Wildman–Crippen MR) is 103 cm³/mol. The van der Waals surface area contributed by atoms with Gasteiger partial charge in [-0.2, -0.15) is 0 Å². The number of nitrogens with zero attached hydrogens (tertiary/aromatic N) is 2. The zero-order chi connectivity index (χ0) is 18.7. The van der Waals surface area contributed by atoms with Gasteiger partial charge >= 0.3 is 0 Å². The van der Waals surface area contributed by atoms with Gasteiger partial charge < -0.3 is 4.57 Å². The number of rotatable bonds is 7. The third kappa shape index (κ3) is 3.98. The SMILES string of the molecule is CCCn1c(SCC(=O)c2ccccc2)nc2cc(S(N)(=O)=O)ccc21. The molecule has 2 aromatic carbocycles. The van der Waals surface area contributed by atoms with Crippen molar-refractivity contribution in [2.45, 2.75) is 29.9 Å². The number of aryl methyl sites for hydroxylation is 1. The summed E-state index contributed by atoms with van der Waals surface area (Å²) < 4.78 is 25.1. The van der Waals surface area contributed by atoms with E-state index < -0.39 is 10.0 Å². The summed E-state index contributed by atoms with van der Waals surface area (Å²) in [6, 6.07) is 13.8. The van der Waals surface area contributed by atoms with E-state index in [0.29, 0.717) is 16.2 Å². The summed E-state index contributed by atoms with van der Waals surface area (Å²) in [6.45, 7) is 2.78. The molecule has 0 atom stereocenters. The molecule has 2 N–H and O–H groups in total. The van der Waals surface area contributed by atoms with Crippen molar-refractivity contribution in [3.8, 4) is 0 Å². The lowest BCUT2D eigenvalue weighted by Crippen LogP contribution is -2.11. The number of primary sulfonamides is 1. The van der Waals surface area contributed by atoms with Crippen molar-refractivity contribution in [1.29, 1.82) is 0 Å². The van der Waals surface area contributed by atoms with Crippen LogP contribution in [0.2, 0.25) is 0 Å². The molecule has 0 aliphatic carbocycles. The maximum Gasteiger partial charge on any atom is 0.238 e. The van der Waals surface area contributed by atoms with E-state index in [0.717, 1.165) is 18.5 Å². The molecular formula is C18H19N3O3S2. The monoisotopic (exact) mass is 389 g/mol. The van der Waals surface area contributed by atoms with E-state index >= 15 is 0 Å². The zero-order valence-corrected chi connectivity index (χ0v) is 15.9. The van der Waals surface area contributed by atoms with Crippen molar-refractivity contribution < 1.29 is 13.2 Å². The fourth-order valence-corrected chi connectivity index (χ4v) is 4.12. The molecule has 0 aliphatic rings. The molecule has 136 valence electrons. The van der Waals surface area contributed by atoms with Gasteiger partial charge in [0.15, 0.2) is 10.9 Å². The van der Waals surface area contributed by atoms with Crippen molar-refractivity contribution in [2.24, 2.45) is 5.14 Å². The number of carbonyl (C=O) groups is 1. The van der Waals surface area contributed by atoms with Crippen molar-refractivity contribution >= 4 is 38.6 Å². The van der Waals surface area contributed by atoms with Gasteiger partial charge in [0.2, 0.25) is 10.0 Å². The average Bonchev–Trinajstić information content (AvgIpc) is 2.97. The lowest BCUT2D eigenvalue weighted by atomic mass is 10.2. The van der Waals surface area contributed by atoms with Crippen LogP contribution in [0.4, 0.5) is 0 Å². The van der Waals surface area contributed by atoms with E-state index in [9.17, 15) is 13.2 Å². The first kappa shape index (κ1) is 18.6. The number of carbonyl (C=O) groups excluding carboxylic acids is 1. The number of thioether (sulfide) groups is 1. The van der Waals surface area contributed by atoms with Crippen LogP contribution in [0.3, 0.4) is 0 Å². The van der Waals surface area contributed by atoms with Crippen molar-refractivity contribution in [1.82, 2.24) is 9.55 Å². The van der Waals surface area contributed by atoms with E-state index in [2.05, 4.69) is 4.98 Å². The summed E-state index contributed by atoms with van der Waals surface area (Å²) in [5.41, 5.74) is 2.04. The largest absolute Gasteiger partial charge is 0.319 e. The van der Waals surface area contributed by atoms with Gasteiger partial charge in [0, 0.05) is 12.1 Å². The number of benzene rings is 2. The van der Waals surface area contributed by atoms with Crippen LogP contribution in [0.15, 0.2) is 58.6 Å². The van der Waals surface area contributed by atoms with Crippen molar-refractivity contribution in [3.05, 3.63) is 54.1 Å². The number of ketones is 1. The highest BCUT2D eigenvalue weighted by atomic mass is 32.2. The molecule has 0 bridgehead atoms. The van der Waals surface area contributed by atoms with Crippen LogP contribution in [-0.2, 0) is 16.6 Å². The van der Waals surface area contributed by atoms with Gasteiger partial charge in [-0.1, -0.05) is 49.0 Å². The van der Waals surface area contributed by atoms with Crippen LogP contribution in [0, 0.1) is 0 Å². The highest BCUT2D eigenvalue weighted by molar-refractivity contribution is 7.99. The predicted octanol–water partition coefficient (Wildman–Crippen LogP) is 3.07. The summed E-state index contributed by atoms with van der Waals surface area (Å²) in [5.74, 6) is 0.287. The quantitative estimate of drug-likeness (QED) is 0.495. The zero-order valence-electron chi connectivity index (χ0n) is 14.3. The summed E-state index contributed by atoms with van der Waals surface area (Å²) in [7, 11) is -3.78. The van der Waals surface area contributed by atoms with Gasteiger partial charge in [0.05, 0.1) is 21.7 Å². The molecule has 1 heterocycles. The third-order valence-corrected chi connectivity index (χ3v) is 5.78.